The van der Waals surface area contributed by atoms with Crippen molar-refractivity contribution < 1.29 is 0 Å². The summed E-state index contributed by atoms with van der Waals surface area (Å²) >= 11 is 0. The largest absolute Gasteiger partial charge is 0.314 e. The van der Waals surface area contributed by atoms with E-state index in [2.05, 4.69) is 29.1 Å². The van der Waals surface area contributed by atoms with Crippen LogP contribution in [-0.2, 0) is 6.54 Å². The van der Waals surface area contributed by atoms with Crippen molar-refractivity contribution in [2.45, 2.75) is 52.0 Å². The lowest BCUT2D eigenvalue weighted by atomic mass is 9.77. The van der Waals surface area contributed by atoms with Gasteiger partial charge < -0.3 is 5.32 Å². The summed E-state index contributed by atoms with van der Waals surface area (Å²) in [4.78, 5) is 9.16. The zero-order valence-corrected chi connectivity index (χ0v) is 11.8. The van der Waals surface area contributed by atoms with Crippen molar-refractivity contribution in [1.29, 1.82) is 0 Å². The summed E-state index contributed by atoms with van der Waals surface area (Å²) in [7, 11) is 1.95. The zero-order valence-electron chi connectivity index (χ0n) is 11.8. The Labute approximate surface area is 110 Å². The Balaban J connectivity index is 1.98. The van der Waals surface area contributed by atoms with Gasteiger partial charge in [0.2, 0.25) is 0 Å². The van der Waals surface area contributed by atoms with Gasteiger partial charge in [-0.25, -0.2) is 9.97 Å². The molecule has 18 heavy (non-hydrogen) atoms. The maximum absolute atomic E-state index is 4.68. The molecule has 1 N–H and O–H groups in total. The predicted octanol–water partition coefficient (Wildman–Crippen LogP) is 3.13. The molecule has 3 nitrogen and oxygen atoms in total. The predicted molar refractivity (Wildman–Crippen MR) is 74.3 cm³/mol. The van der Waals surface area contributed by atoms with Crippen LogP contribution in [0.3, 0.4) is 0 Å². The number of aromatic nitrogens is 2. The van der Waals surface area contributed by atoms with Gasteiger partial charge >= 0.3 is 0 Å². The summed E-state index contributed by atoms with van der Waals surface area (Å²) in [6.07, 6.45) is 7.09. The molecule has 3 heteroatoms. The molecule has 1 aromatic rings. The molecule has 2 rings (SSSR count). The molecule has 0 spiro atoms. The lowest BCUT2D eigenvalue weighted by Crippen LogP contribution is -2.19. The molecule has 1 saturated carbocycles. The van der Waals surface area contributed by atoms with Crippen LogP contribution in [0.2, 0.25) is 0 Å². The van der Waals surface area contributed by atoms with Crippen LogP contribution in [0.1, 0.15) is 57.0 Å². The number of hydrogen-bond acceptors (Lipinski definition) is 3. The molecular weight excluding hydrogens is 222 g/mol. The molecule has 1 aliphatic rings. The highest BCUT2D eigenvalue weighted by molar-refractivity contribution is 5.06. The molecule has 0 bridgehead atoms. The van der Waals surface area contributed by atoms with Crippen LogP contribution in [0.15, 0.2) is 12.3 Å². The van der Waals surface area contributed by atoms with E-state index in [1.807, 2.05) is 19.3 Å². The van der Waals surface area contributed by atoms with E-state index in [-0.39, 0.29) is 0 Å². The molecule has 100 valence electrons. The van der Waals surface area contributed by atoms with E-state index in [0.717, 1.165) is 29.9 Å². The highest BCUT2D eigenvalue weighted by atomic mass is 14.9. The number of rotatable bonds is 4. The summed E-state index contributed by atoms with van der Waals surface area (Å²) in [5, 5.41) is 3.15. The smallest absolute Gasteiger partial charge is 0.131 e. The van der Waals surface area contributed by atoms with Gasteiger partial charge in [-0.1, -0.05) is 13.8 Å². The number of hydrogen-bond donors (Lipinski definition) is 1. The number of nitrogens with one attached hydrogen (secondary N) is 1. The molecule has 0 unspecified atom stereocenters. The van der Waals surface area contributed by atoms with E-state index >= 15 is 0 Å². The Morgan fingerprint density at radius 2 is 2.00 bits per heavy atom. The minimum atomic E-state index is 0.580. The van der Waals surface area contributed by atoms with E-state index < -0.39 is 0 Å². The minimum Gasteiger partial charge on any atom is -0.314 e. The first kappa shape index (κ1) is 13.5. The first-order valence-corrected chi connectivity index (χ1v) is 7.17. The molecule has 0 radical (unpaired) electrons. The maximum atomic E-state index is 4.68. The Morgan fingerprint density at radius 3 is 2.61 bits per heavy atom. The highest BCUT2D eigenvalue weighted by Gasteiger charge is 2.25. The van der Waals surface area contributed by atoms with Gasteiger partial charge in [0.1, 0.15) is 5.82 Å². The lowest BCUT2D eigenvalue weighted by Gasteiger charge is -2.30. The van der Waals surface area contributed by atoms with Crippen LogP contribution in [0.4, 0.5) is 0 Å². The van der Waals surface area contributed by atoms with Crippen molar-refractivity contribution in [1.82, 2.24) is 15.3 Å². The standard InChI is InChI=1S/C15H25N3/c1-11(2)12-4-6-13(7-5-12)15-17-9-8-14(18-15)10-16-3/h8-9,11-13,16H,4-7,10H2,1-3H3. The Hall–Kier alpha value is -0.960. The van der Waals surface area contributed by atoms with E-state index in [4.69, 9.17) is 0 Å². The average molecular weight is 247 g/mol. The molecule has 0 aliphatic heterocycles. The lowest BCUT2D eigenvalue weighted by molar-refractivity contribution is 0.254. The van der Waals surface area contributed by atoms with Gasteiger partial charge in [-0.3, -0.25) is 0 Å². The van der Waals surface area contributed by atoms with Crippen LogP contribution in [0.5, 0.6) is 0 Å². The molecule has 0 amide bonds. The monoisotopic (exact) mass is 247 g/mol. The normalized spacial score (nSPS) is 24.4. The molecule has 1 heterocycles. The molecule has 1 aromatic heterocycles. The molecular formula is C15H25N3. The van der Waals surface area contributed by atoms with E-state index in [1.165, 1.54) is 25.7 Å². The van der Waals surface area contributed by atoms with Crippen LogP contribution in [0, 0.1) is 11.8 Å². The molecule has 0 atom stereocenters. The Bertz CT molecular complexity index is 368. The van der Waals surface area contributed by atoms with Gasteiger partial charge in [0, 0.05) is 18.7 Å². The Kier molecular flexibility index (Phi) is 4.70. The second-order valence-corrected chi connectivity index (χ2v) is 5.79. The molecule has 0 aromatic carbocycles. The van der Waals surface area contributed by atoms with Gasteiger partial charge in [0.15, 0.2) is 0 Å². The summed E-state index contributed by atoms with van der Waals surface area (Å²) in [5.74, 6) is 3.37. The van der Waals surface area contributed by atoms with Crippen LogP contribution < -0.4 is 5.32 Å². The van der Waals surface area contributed by atoms with Crippen molar-refractivity contribution in [3.63, 3.8) is 0 Å². The fourth-order valence-corrected chi connectivity index (χ4v) is 2.93. The molecule has 0 saturated heterocycles. The van der Waals surface area contributed by atoms with Crippen molar-refractivity contribution in [2.75, 3.05) is 7.05 Å². The van der Waals surface area contributed by atoms with Crippen LogP contribution in [-0.4, -0.2) is 17.0 Å². The first-order chi connectivity index (χ1) is 8.70. The van der Waals surface area contributed by atoms with Crippen LogP contribution >= 0.6 is 0 Å². The molecule has 1 aliphatic carbocycles. The fraction of sp³-hybridized carbons (Fsp3) is 0.733. The second kappa shape index (κ2) is 6.28. The third-order valence-electron chi connectivity index (χ3n) is 4.17. The van der Waals surface area contributed by atoms with Gasteiger partial charge in [-0.05, 0) is 50.6 Å². The van der Waals surface area contributed by atoms with E-state index in [1.54, 1.807) is 0 Å². The van der Waals surface area contributed by atoms with Crippen molar-refractivity contribution in [2.24, 2.45) is 11.8 Å². The SMILES string of the molecule is CNCc1ccnc(C2CCC(C(C)C)CC2)n1. The van der Waals surface area contributed by atoms with Gasteiger partial charge in [-0.15, -0.1) is 0 Å². The summed E-state index contributed by atoms with van der Waals surface area (Å²) < 4.78 is 0. The van der Waals surface area contributed by atoms with Gasteiger partial charge in [-0.2, -0.15) is 0 Å². The number of nitrogens with zero attached hydrogens (tertiary/aromatic N) is 2. The minimum absolute atomic E-state index is 0.580. The van der Waals surface area contributed by atoms with Crippen molar-refractivity contribution >= 4 is 0 Å². The summed E-state index contributed by atoms with van der Waals surface area (Å²) in [5.41, 5.74) is 1.11. The third-order valence-corrected chi connectivity index (χ3v) is 4.17. The fourth-order valence-electron chi connectivity index (χ4n) is 2.93. The van der Waals surface area contributed by atoms with Crippen molar-refractivity contribution in [3.8, 4) is 0 Å². The van der Waals surface area contributed by atoms with Crippen molar-refractivity contribution in [3.05, 3.63) is 23.8 Å². The summed E-state index contributed by atoms with van der Waals surface area (Å²) in [6.45, 7) is 5.51. The third kappa shape index (κ3) is 3.29. The van der Waals surface area contributed by atoms with Crippen LogP contribution in [0.25, 0.3) is 0 Å². The second-order valence-electron chi connectivity index (χ2n) is 5.79. The van der Waals surface area contributed by atoms with Gasteiger partial charge in [0.05, 0.1) is 5.69 Å². The average Bonchev–Trinajstić information content (AvgIpc) is 2.39. The Morgan fingerprint density at radius 1 is 1.28 bits per heavy atom. The zero-order chi connectivity index (χ0) is 13.0. The highest BCUT2D eigenvalue weighted by Crippen LogP contribution is 2.37. The molecule has 1 fully saturated rings. The van der Waals surface area contributed by atoms with E-state index in [0.29, 0.717) is 5.92 Å². The topological polar surface area (TPSA) is 37.8 Å². The maximum Gasteiger partial charge on any atom is 0.131 e. The summed E-state index contributed by atoms with van der Waals surface area (Å²) in [6, 6.07) is 2.00. The van der Waals surface area contributed by atoms with Gasteiger partial charge in [0.25, 0.3) is 0 Å². The quantitative estimate of drug-likeness (QED) is 0.888. The van der Waals surface area contributed by atoms with E-state index in [9.17, 15) is 0 Å². The first-order valence-electron chi connectivity index (χ1n) is 7.17.